The maximum atomic E-state index is 13.9. The zero-order chi connectivity index (χ0) is 18.7. The molecular weight excluding hydrogens is 334 g/mol. The molecule has 0 amide bonds. The second-order valence-electron chi connectivity index (χ2n) is 7.02. The van der Waals surface area contributed by atoms with Gasteiger partial charge in [0.05, 0.1) is 7.11 Å². The average Bonchev–Trinajstić information content (AvgIpc) is 2.67. The highest BCUT2D eigenvalue weighted by molar-refractivity contribution is 5.74. The third-order valence-corrected chi connectivity index (χ3v) is 5.18. The highest BCUT2D eigenvalue weighted by atomic mass is 19.3. The minimum Gasteiger partial charge on any atom is -0.481 e. The van der Waals surface area contributed by atoms with Crippen molar-refractivity contribution in [2.45, 2.75) is 39.5 Å². The summed E-state index contributed by atoms with van der Waals surface area (Å²) in [5.41, 5.74) is 3.48. The van der Waals surface area contributed by atoms with E-state index in [1.165, 1.54) is 7.11 Å². The molecule has 0 N–H and O–H groups in total. The molecule has 2 heterocycles. The van der Waals surface area contributed by atoms with E-state index in [2.05, 4.69) is 23.7 Å². The summed E-state index contributed by atoms with van der Waals surface area (Å²) in [5, 5.41) is 0. The molecule has 0 saturated carbocycles. The molecule has 1 aliphatic heterocycles. The summed E-state index contributed by atoms with van der Waals surface area (Å²) < 4.78 is 32.9. The first kappa shape index (κ1) is 18.6. The van der Waals surface area contributed by atoms with E-state index >= 15 is 0 Å². The Labute approximate surface area is 154 Å². The Hall–Kier alpha value is -2.17. The molecule has 1 unspecified atom stereocenters. The van der Waals surface area contributed by atoms with Gasteiger partial charge in [0, 0.05) is 36.6 Å². The van der Waals surface area contributed by atoms with E-state index in [9.17, 15) is 8.78 Å². The van der Waals surface area contributed by atoms with Crippen LogP contribution in [0.5, 0.6) is 5.88 Å². The van der Waals surface area contributed by atoms with Gasteiger partial charge >= 0.3 is 0 Å². The van der Waals surface area contributed by atoms with Crippen LogP contribution in [0.2, 0.25) is 0 Å². The van der Waals surface area contributed by atoms with Gasteiger partial charge in [-0.2, -0.15) is 0 Å². The third-order valence-electron chi connectivity index (χ3n) is 5.18. The number of rotatable bonds is 6. The second kappa shape index (κ2) is 8.02. The monoisotopic (exact) mass is 360 g/mol. The van der Waals surface area contributed by atoms with Gasteiger partial charge in [0.1, 0.15) is 0 Å². The molecule has 5 heteroatoms. The van der Waals surface area contributed by atoms with Crippen LogP contribution in [0.1, 0.15) is 44.2 Å². The molecule has 0 aliphatic carbocycles. The van der Waals surface area contributed by atoms with Crippen LogP contribution in [-0.4, -0.2) is 25.2 Å². The lowest BCUT2D eigenvalue weighted by molar-refractivity contribution is 0.152. The summed E-state index contributed by atoms with van der Waals surface area (Å²) in [6.07, 6.45) is 2.13. The van der Waals surface area contributed by atoms with Gasteiger partial charge in [-0.3, -0.25) is 0 Å². The average molecular weight is 360 g/mol. The molecule has 140 valence electrons. The molecule has 0 saturated heterocycles. The second-order valence-corrected chi connectivity index (χ2v) is 7.02. The van der Waals surface area contributed by atoms with Gasteiger partial charge < -0.3 is 9.64 Å². The summed E-state index contributed by atoms with van der Waals surface area (Å²) >= 11 is 0. The predicted octanol–water partition coefficient (Wildman–Crippen LogP) is 5.49. The molecule has 1 aromatic carbocycles. The molecular formula is C21H26F2N2O. The number of ether oxygens (including phenoxy) is 1. The summed E-state index contributed by atoms with van der Waals surface area (Å²) in [7, 11) is 1.53. The number of methoxy groups -OCH3 is 1. The van der Waals surface area contributed by atoms with E-state index in [1.54, 1.807) is 24.4 Å². The Morgan fingerprint density at radius 1 is 1.27 bits per heavy atom. The minimum absolute atomic E-state index is 0.0769. The van der Waals surface area contributed by atoms with Crippen molar-refractivity contribution in [2.24, 2.45) is 5.92 Å². The summed E-state index contributed by atoms with van der Waals surface area (Å²) in [4.78, 5) is 6.36. The first-order chi connectivity index (χ1) is 12.5. The van der Waals surface area contributed by atoms with Gasteiger partial charge in [0.15, 0.2) is 0 Å². The Balaban J connectivity index is 2.07. The van der Waals surface area contributed by atoms with E-state index in [4.69, 9.17) is 4.74 Å². The first-order valence-electron chi connectivity index (χ1n) is 9.23. The van der Waals surface area contributed by atoms with Gasteiger partial charge in [0.2, 0.25) is 5.88 Å². The van der Waals surface area contributed by atoms with Crippen molar-refractivity contribution in [3.63, 3.8) is 0 Å². The number of pyridine rings is 1. The fourth-order valence-electron chi connectivity index (χ4n) is 3.54. The molecule has 0 bridgehead atoms. The van der Waals surface area contributed by atoms with Crippen LogP contribution in [0.4, 0.5) is 14.5 Å². The van der Waals surface area contributed by atoms with E-state index < -0.39 is 6.43 Å². The Morgan fingerprint density at radius 3 is 2.77 bits per heavy atom. The highest BCUT2D eigenvalue weighted by Crippen LogP contribution is 2.39. The molecule has 1 atom stereocenters. The highest BCUT2D eigenvalue weighted by Gasteiger charge is 2.24. The molecule has 0 fully saturated rings. The number of aryl methyl sites for hydroxylation is 1. The Morgan fingerprint density at radius 2 is 2.08 bits per heavy atom. The summed E-state index contributed by atoms with van der Waals surface area (Å²) in [6, 6.07) is 7.11. The zero-order valence-electron chi connectivity index (χ0n) is 15.6. The lowest BCUT2D eigenvalue weighted by Gasteiger charge is -2.34. The van der Waals surface area contributed by atoms with E-state index in [-0.39, 0.29) is 5.56 Å². The van der Waals surface area contributed by atoms with Crippen LogP contribution in [0, 0.1) is 5.92 Å². The van der Waals surface area contributed by atoms with Crippen LogP contribution in [0.3, 0.4) is 0 Å². The normalized spacial score (nSPS) is 15.1. The predicted molar refractivity (Wildman–Crippen MR) is 101 cm³/mol. The largest absolute Gasteiger partial charge is 0.481 e. The SMILES string of the molecule is CCC(C)CN1CCCc2cc(-c3ccnc(OC)c3)c(C(F)F)cc21. The van der Waals surface area contributed by atoms with Crippen molar-refractivity contribution in [2.75, 3.05) is 25.1 Å². The van der Waals surface area contributed by atoms with Crippen LogP contribution in [0.25, 0.3) is 11.1 Å². The number of hydrogen-bond donors (Lipinski definition) is 0. The van der Waals surface area contributed by atoms with Crippen molar-refractivity contribution in [3.05, 3.63) is 41.6 Å². The van der Waals surface area contributed by atoms with Crippen molar-refractivity contribution < 1.29 is 13.5 Å². The van der Waals surface area contributed by atoms with Crippen molar-refractivity contribution in [3.8, 4) is 17.0 Å². The van der Waals surface area contributed by atoms with Gasteiger partial charge in [-0.1, -0.05) is 20.3 Å². The fraction of sp³-hybridized carbons (Fsp3) is 0.476. The number of anilines is 1. The van der Waals surface area contributed by atoms with Crippen molar-refractivity contribution in [1.82, 2.24) is 4.98 Å². The number of fused-ring (bicyclic) bond motifs is 1. The quantitative estimate of drug-likeness (QED) is 0.681. The zero-order valence-corrected chi connectivity index (χ0v) is 15.6. The van der Waals surface area contributed by atoms with Gasteiger partial charge in [-0.05, 0) is 53.6 Å². The lowest BCUT2D eigenvalue weighted by Crippen LogP contribution is -2.33. The van der Waals surface area contributed by atoms with E-state index in [0.29, 0.717) is 22.9 Å². The molecule has 2 aromatic rings. The fourth-order valence-corrected chi connectivity index (χ4v) is 3.54. The Kier molecular flexibility index (Phi) is 5.74. The third kappa shape index (κ3) is 3.81. The first-order valence-corrected chi connectivity index (χ1v) is 9.23. The number of benzene rings is 1. The Bertz CT molecular complexity index is 764. The van der Waals surface area contributed by atoms with Crippen molar-refractivity contribution >= 4 is 5.69 Å². The van der Waals surface area contributed by atoms with Crippen molar-refractivity contribution in [1.29, 1.82) is 0 Å². The maximum absolute atomic E-state index is 13.9. The number of nitrogens with zero attached hydrogens (tertiary/aromatic N) is 2. The molecule has 0 radical (unpaired) electrons. The number of aromatic nitrogens is 1. The molecule has 0 spiro atoms. The van der Waals surface area contributed by atoms with Crippen LogP contribution in [-0.2, 0) is 6.42 Å². The standard InChI is InChI=1S/C21H26F2N2O/c1-4-14(2)13-25-9-5-6-16-10-17(18(21(22)23)12-19(16)25)15-7-8-24-20(11-15)26-3/h7-8,10-12,14,21H,4-6,9,13H2,1-3H3. The smallest absolute Gasteiger partial charge is 0.264 e. The van der Waals surface area contributed by atoms with E-state index in [1.807, 2.05) is 6.07 Å². The lowest BCUT2D eigenvalue weighted by atomic mass is 9.91. The van der Waals surface area contributed by atoms with Crippen LogP contribution >= 0.6 is 0 Å². The topological polar surface area (TPSA) is 25.4 Å². The molecule has 26 heavy (non-hydrogen) atoms. The minimum atomic E-state index is -2.53. The maximum Gasteiger partial charge on any atom is 0.264 e. The van der Waals surface area contributed by atoms with Gasteiger partial charge in [0.25, 0.3) is 6.43 Å². The summed E-state index contributed by atoms with van der Waals surface area (Å²) in [6.45, 7) is 6.22. The molecule has 3 nitrogen and oxygen atoms in total. The van der Waals surface area contributed by atoms with Gasteiger partial charge in [-0.15, -0.1) is 0 Å². The van der Waals surface area contributed by atoms with Crippen LogP contribution < -0.4 is 9.64 Å². The number of hydrogen-bond acceptors (Lipinski definition) is 3. The molecule has 1 aliphatic rings. The van der Waals surface area contributed by atoms with Crippen LogP contribution in [0.15, 0.2) is 30.5 Å². The number of alkyl halides is 2. The molecule has 1 aromatic heterocycles. The number of halogens is 2. The summed E-state index contributed by atoms with van der Waals surface area (Å²) in [5.74, 6) is 0.971. The van der Waals surface area contributed by atoms with E-state index in [0.717, 1.165) is 43.6 Å². The van der Waals surface area contributed by atoms with Gasteiger partial charge in [-0.25, -0.2) is 13.8 Å². The molecule has 3 rings (SSSR count).